The monoisotopic (exact) mass is 404 g/mol. The molecule has 0 amide bonds. The quantitative estimate of drug-likeness (QED) is 0.301. The zero-order valence-electron chi connectivity index (χ0n) is 16.9. The van der Waals surface area contributed by atoms with Crippen molar-refractivity contribution < 1.29 is 13.2 Å². The summed E-state index contributed by atoms with van der Waals surface area (Å²) >= 11 is 0. The Balaban J connectivity index is 2.40. The maximum absolute atomic E-state index is 12.9. The Bertz CT molecular complexity index is 604. The number of hydrogen-bond donors (Lipinski definition) is 2. The summed E-state index contributed by atoms with van der Waals surface area (Å²) in [6, 6.07) is 7.67. The SMILES string of the molecule is CC[SH](CN(C)CCCOCCNC(C)C)S(=O)(=O)c1ccc(C)cc1. The van der Waals surface area contributed by atoms with Crippen LogP contribution in [0, 0.1) is 6.92 Å². The summed E-state index contributed by atoms with van der Waals surface area (Å²) in [5.74, 6) is 1.28. The number of hydrogen-bond acceptors (Lipinski definition) is 5. The minimum Gasteiger partial charge on any atom is -0.380 e. The third-order valence-corrected chi connectivity index (χ3v) is 10.9. The predicted octanol–water partition coefficient (Wildman–Crippen LogP) is 3.00. The molecule has 1 rings (SSSR count). The molecule has 5 nitrogen and oxygen atoms in total. The van der Waals surface area contributed by atoms with Crippen molar-refractivity contribution in [2.24, 2.45) is 0 Å². The molecule has 0 heterocycles. The first-order chi connectivity index (χ1) is 12.3. The average Bonchev–Trinajstić information content (AvgIpc) is 2.58. The fourth-order valence-corrected chi connectivity index (χ4v) is 7.98. The van der Waals surface area contributed by atoms with Crippen molar-refractivity contribution in [1.82, 2.24) is 10.2 Å². The normalized spacial score (nSPS) is 14.2. The molecule has 0 aromatic heterocycles. The Kier molecular flexibility index (Phi) is 10.8. The molecule has 0 saturated heterocycles. The van der Waals surface area contributed by atoms with Crippen LogP contribution in [0.15, 0.2) is 29.2 Å². The van der Waals surface area contributed by atoms with Crippen molar-refractivity contribution in [2.75, 3.05) is 45.0 Å². The van der Waals surface area contributed by atoms with Crippen molar-refractivity contribution in [3.8, 4) is 0 Å². The van der Waals surface area contributed by atoms with Crippen LogP contribution in [0.25, 0.3) is 0 Å². The molecule has 1 N–H and O–H groups in total. The Morgan fingerprint density at radius 3 is 2.42 bits per heavy atom. The fourth-order valence-electron chi connectivity index (χ4n) is 2.50. The van der Waals surface area contributed by atoms with Gasteiger partial charge in [-0.15, -0.1) is 9.93 Å². The zero-order chi connectivity index (χ0) is 19.6. The first kappa shape index (κ1) is 23.4. The smallest absolute Gasteiger partial charge is 0.211 e. The van der Waals surface area contributed by atoms with Gasteiger partial charge in [-0.1, -0.05) is 38.5 Å². The maximum Gasteiger partial charge on any atom is 0.211 e. The second kappa shape index (κ2) is 12.0. The molecule has 0 aliphatic carbocycles. The highest BCUT2D eigenvalue weighted by Gasteiger charge is 2.23. The summed E-state index contributed by atoms with van der Waals surface area (Å²) in [6.07, 6.45) is 0.912. The maximum atomic E-state index is 12.9. The lowest BCUT2D eigenvalue weighted by atomic mass is 10.2. The lowest BCUT2D eigenvalue weighted by Crippen LogP contribution is -2.27. The predicted molar refractivity (Wildman–Crippen MR) is 114 cm³/mol. The number of thiol groups is 1. The summed E-state index contributed by atoms with van der Waals surface area (Å²) in [5, 5.41) is 3.31. The first-order valence-electron chi connectivity index (χ1n) is 9.33. The van der Waals surface area contributed by atoms with Gasteiger partial charge in [-0.05, 0) is 38.3 Å². The highest BCUT2D eigenvalue weighted by molar-refractivity contribution is 8.81. The second-order valence-electron chi connectivity index (χ2n) is 6.88. The first-order valence-corrected chi connectivity index (χ1v) is 13.1. The van der Waals surface area contributed by atoms with Crippen LogP contribution in [0.2, 0.25) is 0 Å². The van der Waals surface area contributed by atoms with Gasteiger partial charge in [-0.2, -0.15) is 0 Å². The molecular formula is C19H36N2O3S2. The third kappa shape index (κ3) is 8.39. The Morgan fingerprint density at radius 1 is 1.19 bits per heavy atom. The van der Waals surface area contributed by atoms with Crippen molar-refractivity contribution >= 4 is 18.8 Å². The number of rotatable bonds is 13. The molecule has 0 bridgehead atoms. The molecule has 152 valence electrons. The van der Waals surface area contributed by atoms with E-state index in [0.29, 0.717) is 35.8 Å². The van der Waals surface area contributed by atoms with Gasteiger partial charge in [0.15, 0.2) is 0 Å². The van der Waals surface area contributed by atoms with E-state index in [4.69, 9.17) is 4.74 Å². The van der Waals surface area contributed by atoms with E-state index in [-0.39, 0.29) is 0 Å². The van der Waals surface area contributed by atoms with Crippen LogP contribution < -0.4 is 5.32 Å². The van der Waals surface area contributed by atoms with Crippen molar-refractivity contribution in [3.05, 3.63) is 29.8 Å². The molecule has 1 atom stereocenters. The van der Waals surface area contributed by atoms with Crippen molar-refractivity contribution in [2.45, 2.75) is 45.1 Å². The Labute approximate surface area is 162 Å². The summed E-state index contributed by atoms with van der Waals surface area (Å²) < 4.78 is 31.4. The average molecular weight is 405 g/mol. The van der Waals surface area contributed by atoms with Crippen LogP contribution >= 0.6 is 9.93 Å². The van der Waals surface area contributed by atoms with Gasteiger partial charge in [0.05, 0.1) is 11.5 Å². The van der Waals surface area contributed by atoms with Gasteiger partial charge in [-0.25, -0.2) is 8.42 Å². The number of nitrogens with zero attached hydrogens (tertiary/aromatic N) is 1. The van der Waals surface area contributed by atoms with E-state index in [1.54, 1.807) is 12.1 Å². The molecule has 0 saturated carbocycles. The molecule has 1 aromatic carbocycles. The fraction of sp³-hybridized carbons (Fsp3) is 0.684. The lowest BCUT2D eigenvalue weighted by molar-refractivity contribution is 0.126. The van der Waals surface area contributed by atoms with E-state index in [1.165, 1.54) is 0 Å². The van der Waals surface area contributed by atoms with Crippen LogP contribution in [0.5, 0.6) is 0 Å². The van der Waals surface area contributed by atoms with E-state index in [1.807, 2.05) is 33.0 Å². The molecule has 1 unspecified atom stereocenters. The van der Waals surface area contributed by atoms with Gasteiger partial charge < -0.3 is 10.1 Å². The van der Waals surface area contributed by atoms with Gasteiger partial charge in [0.1, 0.15) is 0 Å². The van der Waals surface area contributed by atoms with Gasteiger partial charge in [0, 0.05) is 31.6 Å². The third-order valence-electron chi connectivity index (χ3n) is 4.04. The highest BCUT2D eigenvalue weighted by Crippen LogP contribution is 2.38. The van der Waals surface area contributed by atoms with Crippen molar-refractivity contribution in [1.29, 1.82) is 0 Å². The molecule has 1 aromatic rings. The van der Waals surface area contributed by atoms with E-state index >= 15 is 0 Å². The minimum atomic E-state index is -3.23. The molecule has 0 spiro atoms. The van der Waals surface area contributed by atoms with Gasteiger partial charge in [0.25, 0.3) is 0 Å². The summed E-state index contributed by atoms with van der Waals surface area (Å²) in [4.78, 5) is 2.57. The van der Waals surface area contributed by atoms with Crippen LogP contribution in [0.3, 0.4) is 0 Å². The molecule has 0 radical (unpaired) electrons. The number of benzene rings is 1. The number of aryl methyl sites for hydroxylation is 1. The largest absolute Gasteiger partial charge is 0.380 e. The summed E-state index contributed by atoms with van der Waals surface area (Å²) in [7, 11) is -2.35. The van der Waals surface area contributed by atoms with Crippen LogP contribution in [-0.2, 0) is 13.6 Å². The molecular weight excluding hydrogens is 368 g/mol. The van der Waals surface area contributed by atoms with Crippen molar-refractivity contribution in [3.63, 3.8) is 0 Å². The van der Waals surface area contributed by atoms with E-state index < -0.39 is 18.8 Å². The summed E-state index contributed by atoms with van der Waals surface area (Å²) in [6.45, 7) is 11.3. The number of ether oxygens (including phenoxy) is 1. The molecule has 26 heavy (non-hydrogen) atoms. The van der Waals surface area contributed by atoms with Crippen LogP contribution in [0.1, 0.15) is 32.8 Å². The van der Waals surface area contributed by atoms with Crippen LogP contribution in [0.4, 0.5) is 0 Å². The zero-order valence-corrected chi connectivity index (χ0v) is 18.6. The Hall–Kier alpha value is -0.600. The van der Waals surface area contributed by atoms with Gasteiger partial charge in [0.2, 0.25) is 8.87 Å². The Morgan fingerprint density at radius 2 is 1.85 bits per heavy atom. The van der Waals surface area contributed by atoms with Crippen LogP contribution in [-0.4, -0.2) is 64.3 Å². The van der Waals surface area contributed by atoms with Gasteiger partial charge >= 0.3 is 0 Å². The molecule has 7 heteroatoms. The molecule has 0 aliphatic rings. The standard InChI is InChI=1S/C19H36N2O3S2/c1-6-25(26(22,23)19-10-8-18(4)9-11-19)16-21(5)13-7-14-24-15-12-20-17(2)3/h8-11,17,20,25H,6-7,12-16H2,1-5H3. The topological polar surface area (TPSA) is 58.6 Å². The van der Waals surface area contributed by atoms with E-state index in [2.05, 4.69) is 24.1 Å². The van der Waals surface area contributed by atoms with Gasteiger partial charge in [-0.3, -0.25) is 4.90 Å². The molecule has 0 fully saturated rings. The molecule has 0 aliphatic heterocycles. The van der Waals surface area contributed by atoms with E-state index in [9.17, 15) is 8.42 Å². The lowest BCUT2D eigenvalue weighted by Gasteiger charge is -2.26. The summed E-state index contributed by atoms with van der Waals surface area (Å²) in [5.41, 5.74) is 1.07. The second-order valence-corrected chi connectivity index (χ2v) is 13.2. The highest BCUT2D eigenvalue weighted by atomic mass is 33.2. The number of nitrogens with one attached hydrogen (secondary N) is 1. The van der Waals surface area contributed by atoms with E-state index in [0.717, 1.165) is 25.1 Å². The minimum absolute atomic E-state index is 0.449.